The maximum atomic E-state index is 11.9. The number of carbonyl (C=O) groups is 2. The number of hydrogen-bond donors (Lipinski definition) is 3. The van der Waals surface area contributed by atoms with Crippen LogP contribution in [-0.4, -0.2) is 52.8 Å². The van der Waals surface area contributed by atoms with Crippen LogP contribution in [-0.2, 0) is 4.79 Å². The fourth-order valence-electron chi connectivity index (χ4n) is 2.93. The zero-order valence-electron chi connectivity index (χ0n) is 14.5. The number of nitrogens with zero attached hydrogens (tertiary/aromatic N) is 3. The van der Waals surface area contributed by atoms with Crippen LogP contribution in [0.2, 0.25) is 0 Å². The first kappa shape index (κ1) is 18.3. The average Bonchev–Trinajstić information content (AvgIpc) is 3.00. The van der Waals surface area contributed by atoms with Crippen molar-refractivity contribution in [2.24, 2.45) is 11.7 Å². The van der Waals surface area contributed by atoms with Gasteiger partial charge in [-0.3, -0.25) is 10.1 Å². The van der Waals surface area contributed by atoms with Crippen LogP contribution in [0.3, 0.4) is 0 Å². The normalized spacial score (nSPS) is 16.3. The van der Waals surface area contributed by atoms with Crippen LogP contribution in [0.1, 0.15) is 39.2 Å². The lowest BCUT2D eigenvalue weighted by molar-refractivity contribution is -0.123. The summed E-state index contributed by atoms with van der Waals surface area (Å²) in [4.78, 5) is 25.4. The number of nitrogens with one attached hydrogen (secondary N) is 2. The Balaban J connectivity index is 1.61. The smallest absolute Gasteiger partial charge is 0.320 e. The fourth-order valence-corrected chi connectivity index (χ4v) is 2.93. The van der Waals surface area contributed by atoms with Gasteiger partial charge < -0.3 is 16.0 Å². The number of anilines is 1. The SMILES string of the molecule is CC(C)n1nccc1NC(=O)NCCCN1CCC(C(N)=O)CC1. The van der Waals surface area contributed by atoms with Crippen LogP contribution in [0.5, 0.6) is 0 Å². The van der Waals surface area contributed by atoms with Gasteiger partial charge in [-0.2, -0.15) is 5.10 Å². The first-order valence-electron chi connectivity index (χ1n) is 8.57. The van der Waals surface area contributed by atoms with Crippen molar-refractivity contribution >= 4 is 17.8 Å². The van der Waals surface area contributed by atoms with Crippen LogP contribution in [0.25, 0.3) is 0 Å². The summed E-state index contributed by atoms with van der Waals surface area (Å²) in [5.74, 6) is 0.528. The molecule has 4 N–H and O–H groups in total. The molecule has 1 saturated heterocycles. The quantitative estimate of drug-likeness (QED) is 0.650. The van der Waals surface area contributed by atoms with Gasteiger partial charge in [0.1, 0.15) is 5.82 Å². The Kier molecular flexibility index (Phi) is 6.60. The third kappa shape index (κ3) is 5.23. The fraction of sp³-hybridized carbons (Fsp3) is 0.688. The Morgan fingerprint density at radius 3 is 2.71 bits per heavy atom. The highest BCUT2D eigenvalue weighted by Crippen LogP contribution is 2.16. The molecule has 0 saturated carbocycles. The van der Waals surface area contributed by atoms with E-state index in [9.17, 15) is 9.59 Å². The van der Waals surface area contributed by atoms with Gasteiger partial charge in [0, 0.05) is 24.6 Å². The third-order valence-corrected chi connectivity index (χ3v) is 4.33. The van der Waals surface area contributed by atoms with Gasteiger partial charge >= 0.3 is 6.03 Å². The molecule has 8 nitrogen and oxygen atoms in total. The van der Waals surface area contributed by atoms with Crippen LogP contribution in [0, 0.1) is 5.92 Å². The van der Waals surface area contributed by atoms with Crippen molar-refractivity contribution in [1.29, 1.82) is 0 Å². The molecule has 134 valence electrons. The summed E-state index contributed by atoms with van der Waals surface area (Å²) < 4.78 is 1.77. The standard InChI is InChI=1S/C16H28N6O2/c1-12(2)22-14(4-8-19-22)20-16(24)18-7-3-9-21-10-5-13(6-11-21)15(17)23/h4,8,12-13H,3,5-7,9-11H2,1-2H3,(H2,17,23)(H2,18,20,24). The first-order valence-corrected chi connectivity index (χ1v) is 8.57. The predicted octanol–water partition coefficient (Wildman–Crippen LogP) is 1.17. The molecule has 0 spiro atoms. The molecule has 0 aliphatic carbocycles. The van der Waals surface area contributed by atoms with E-state index in [1.54, 1.807) is 16.9 Å². The molecular weight excluding hydrogens is 308 g/mol. The molecule has 0 aromatic carbocycles. The second kappa shape index (κ2) is 8.68. The summed E-state index contributed by atoms with van der Waals surface area (Å²) >= 11 is 0. The van der Waals surface area contributed by atoms with Crippen molar-refractivity contribution in [2.45, 2.75) is 39.2 Å². The summed E-state index contributed by atoms with van der Waals surface area (Å²) in [6, 6.07) is 1.76. The Morgan fingerprint density at radius 1 is 1.38 bits per heavy atom. The van der Waals surface area contributed by atoms with Crippen LogP contribution >= 0.6 is 0 Å². The van der Waals surface area contributed by atoms with E-state index < -0.39 is 0 Å². The third-order valence-electron chi connectivity index (χ3n) is 4.33. The summed E-state index contributed by atoms with van der Waals surface area (Å²) in [6.07, 6.45) is 4.22. The van der Waals surface area contributed by atoms with Gasteiger partial charge in [0.15, 0.2) is 0 Å². The van der Waals surface area contributed by atoms with Gasteiger partial charge in [-0.1, -0.05) is 0 Å². The molecule has 24 heavy (non-hydrogen) atoms. The lowest BCUT2D eigenvalue weighted by atomic mass is 9.96. The lowest BCUT2D eigenvalue weighted by Crippen LogP contribution is -2.40. The molecule has 0 unspecified atom stereocenters. The van der Waals surface area contributed by atoms with E-state index in [-0.39, 0.29) is 23.9 Å². The average molecular weight is 336 g/mol. The van der Waals surface area contributed by atoms with Gasteiger partial charge in [-0.25, -0.2) is 9.48 Å². The van der Waals surface area contributed by atoms with Gasteiger partial charge in [-0.05, 0) is 52.7 Å². The maximum absolute atomic E-state index is 11.9. The van der Waals surface area contributed by atoms with E-state index in [1.165, 1.54) is 0 Å². The largest absolute Gasteiger partial charge is 0.369 e. The minimum Gasteiger partial charge on any atom is -0.369 e. The minimum atomic E-state index is -0.218. The molecule has 8 heteroatoms. The Labute approximate surface area is 142 Å². The highest BCUT2D eigenvalue weighted by atomic mass is 16.2. The number of hydrogen-bond acceptors (Lipinski definition) is 4. The van der Waals surface area contributed by atoms with Gasteiger partial charge in [-0.15, -0.1) is 0 Å². The molecule has 0 radical (unpaired) electrons. The lowest BCUT2D eigenvalue weighted by Gasteiger charge is -2.30. The van der Waals surface area contributed by atoms with Crippen LogP contribution < -0.4 is 16.4 Å². The number of urea groups is 1. The Morgan fingerprint density at radius 2 is 2.08 bits per heavy atom. The predicted molar refractivity (Wildman–Crippen MR) is 92.6 cm³/mol. The Bertz CT molecular complexity index is 549. The van der Waals surface area contributed by atoms with Crippen molar-refractivity contribution in [1.82, 2.24) is 20.0 Å². The van der Waals surface area contributed by atoms with E-state index in [0.29, 0.717) is 12.4 Å². The summed E-state index contributed by atoms with van der Waals surface area (Å²) in [7, 11) is 0. The second-order valence-electron chi connectivity index (χ2n) is 6.51. The number of likely N-dealkylation sites (tertiary alicyclic amines) is 1. The number of piperidine rings is 1. The molecule has 1 fully saturated rings. The molecule has 0 bridgehead atoms. The zero-order chi connectivity index (χ0) is 17.5. The highest BCUT2D eigenvalue weighted by molar-refractivity contribution is 5.88. The van der Waals surface area contributed by atoms with E-state index in [1.807, 2.05) is 13.8 Å². The molecule has 2 rings (SSSR count). The number of nitrogens with two attached hydrogens (primary N) is 1. The summed E-state index contributed by atoms with van der Waals surface area (Å²) in [5.41, 5.74) is 5.33. The minimum absolute atomic E-state index is 0.0240. The monoisotopic (exact) mass is 336 g/mol. The molecule has 1 aliphatic rings. The van der Waals surface area contributed by atoms with Crippen LogP contribution in [0.15, 0.2) is 12.3 Å². The molecule has 1 aliphatic heterocycles. The van der Waals surface area contributed by atoms with Gasteiger partial charge in [0.2, 0.25) is 5.91 Å². The summed E-state index contributed by atoms with van der Waals surface area (Å²) in [5, 5.41) is 9.86. The Hall–Kier alpha value is -2.09. The van der Waals surface area contributed by atoms with Crippen molar-refractivity contribution < 1.29 is 9.59 Å². The van der Waals surface area contributed by atoms with Crippen molar-refractivity contribution in [2.75, 3.05) is 31.5 Å². The van der Waals surface area contributed by atoms with Crippen molar-refractivity contribution in [3.8, 4) is 0 Å². The number of carbonyl (C=O) groups excluding carboxylic acids is 2. The number of amides is 3. The molecular formula is C16H28N6O2. The maximum Gasteiger partial charge on any atom is 0.320 e. The molecule has 3 amide bonds. The first-order chi connectivity index (χ1) is 11.5. The van der Waals surface area contributed by atoms with Gasteiger partial charge in [0.25, 0.3) is 0 Å². The summed E-state index contributed by atoms with van der Waals surface area (Å²) in [6.45, 7) is 7.34. The molecule has 1 aromatic heterocycles. The van der Waals surface area contributed by atoms with E-state index >= 15 is 0 Å². The van der Waals surface area contributed by atoms with Crippen molar-refractivity contribution in [3.63, 3.8) is 0 Å². The topological polar surface area (TPSA) is 105 Å². The molecule has 2 heterocycles. The molecule has 1 aromatic rings. The molecule has 0 atom stereocenters. The second-order valence-corrected chi connectivity index (χ2v) is 6.51. The van der Waals surface area contributed by atoms with E-state index in [4.69, 9.17) is 5.73 Å². The number of primary amides is 1. The van der Waals surface area contributed by atoms with Crippen molar-refractivity contribution in [3.05, 3.63) is 12.3 Å². The van der Waals surface area contributed by atoms with Gasteiger partial charge in [0.05, 0.1) is 6.20 Å². The highest BCUT2D eigenvalue weighted by Gasteiger charge is 2.22. The van der Waals surface area contributed by atoms with E-state index in [0.717, 1.165) is 38.9 Å². The van der Waals surface area contributed by atoms with E-state index in [2.05, 4.69) is 20.6 Å². The zero-order valence-corrected chi connectivity index (χ0v) is 14.5. The number of rotatable bonds is 7. The number of aromatic nitrogens is 2. The van der Waals surface area contributed by atoms with Crippen LogP contribution in [0.4, 0.5) is 10.6 Å².